The van der Waals surface area contributed by atoms with Crippen molar-refractivity contribution in [1.82, 2.24) is 5.32 Å². The average molecular weight is 509 g/mol. The molecule has 32 heavy (non-hydrogen) atoms. The van der Waals surface area contributed by atoms with Gasteiger partial charge in [-0.3, -0.25) is 4.79 Å². The van der Waals surface area contributed by atoms with Crippen LogP contribution in [0.15, 0.2) is 81.1 Å². The molecular weight excluding hydrogens is 488 g/mol. The third-order valence-electron chi connectivity index (χ3n) is 4.69. The predicted molar refractivity (Wildman–Crippen MR) is 133 cm³/mol. The van der Waals surface area contributed by atoms with Gasteiger partial charge in [0.15, 0.2) is 16.7 Å². The first-order valence-corrected chi connectivity index (χ1v) is 11.5. The molecule has 0 radical (unpaired) electrons. The van der Waals surface area contributed by atoms with Crippen molar-refractivity contribution in [2.45, 2.75) is 13.5 Å². The number of carbonyl (C=O) groups excluding carboxylic acids is 1. The summed E-state index contributed by atoms with van der Waals surface area (Å²) in [4.78, 5) is 17.5. The van der Waals surface area contributed by atoms with Gasteiger partial charge in [0.2, 0.25) is 0 Å². The van der Waals surface area contributed by atoms with E-state index in [-0.39, 0.29) is 5.91 Å². The maximum atomic E-state index is 12.5. The third kappa shape index (κ3) is 5.41. The van der Waals surface area contributed by atoms with Gasteiger partial charge in [-0.05, 0) is 76.1 Å². The van der Waals surface area contributed by atoms with Gasteiger partial charge in [0.1, 0.15) is 6.61 Å². The molecule has 1 N–H and O–H groups in total. The predicted octanol–water partition coefficient (Wildman–Crippen LogP) is 6.24. The number of thioether (sulfide) groups is 1. The lowest BCUT2D eigenvalue weighted by atomic mass is 10.2. The van der Waals surface area contributed by atoms with E-state index in [2.05, 4.69) is 26.2 Å². The van der Waals surface area contributed by atoms with Gasteiger partial charge in [-0.15, -0.1) is 0 Å². The Morgan fingerprint density at radius 1 is 1.09 bits per heavy atom. The number of rotatable bonds is 6. The van der Waals surface area contributed by atoms with Crippen LogP contribution in [0.5, 0.6) is 11.5 Å². The Labute approximate surface area is 199 Å². The van der Waals surface area contributed by atoms with Crippen LogP contribution in [0.25, 0.3) is 6.08 Å². The number of carbonyl (C=O) groups is 1. The minimum atomic E-state index is -0.180. The van der Waals surface area contributed by atoms with Crippen LogP contribution < -0.4 is 14.8 Å². The SMILES string of the molecule is COc1cc(/C=C2\SC(=Nc3ccc(C)cc3)NC2=O)cc(Br)c1OCc1ccccc1. The summed E-state index contributed by atoms with van der Waals surface area (Å²) in [6.07, 6.45) is 1.81. The Hall–Kier alpha value is -3.03. The van der Waals surface area contributed by atoms with Gasteiger partial charge in [0.05, 0.1) is 22.2 Å². The van der Waals surface area contributed by atoms with Crippen LogP contribution >= 0.6 is 27.7 Å². The molecule has 4 rings (SSSR count). The number of ether oxygens (including phenoxy) is 2. The van der Waals surface area contributed by atoms with Gasteiger partial charge >= 0.3 is 0 Å². The normalized spacial score (nSPS) is 15.8. The van der Waals surface area contributed by atoms with E-state index >= 15 is 0 Å². The fraction of sp³-hybridized carbons (Fsp3) is 0.120. The molecule has 0 aromatic heterocycles. The summed E-state index contributed by atoms with van der Waals surface area (Å²) < 4.78 is 12.3. The fourth-order valence-electron chi connectivity index (χ4n) is 3.06. The molecule has 1 aliphatic rings. The Balaban J connectivity index is 1.53. The molecule has 3 aromatic rings. The van der Waals surface area contributed by atoms with Crippen molar-refractivity contribution in [3.05, 3.63) is 92.8 Å². The second-order valence-corrected chi connectivity index (χ2v) is 9.01. The minimum absolute atomic E-state index is 0.180. The number of benzene rings is 3. The second-order valence-electron chi connectivity index (χ2n) is 7.13. The van der Waals surface area contributed by atoms with Crippen LogP contribution in [-0.2, 0) is 11.4 Å². The summed E-state index contributed by atoms with van der Waals surface area (Å²) >= 11 is 4.88. The van der Waals surface area contributed by atoms with Gasteiger partial charge in [-0.25, -0.2) is 4.99 Å². The van der Waals surface area contributed by atoms with Crippen molar-refractivity contribution < 1.29 is 14.3 Å². The molecule has 5 nitrogen and oxygen atoms in total. The van der Waals surface area contributed by atoms with E-state index in [0.29, 0.717) is 28.2 Å². The van der Waals surface area contributed by atoms with Crippen molar-refractivity contribution in [3.8, 4) is 11.5 Å². The van der Waals surface area contributed by atoms with Crippen molar-refractivity contribution in [2.24, 2.45) is 4.99 Å². The zero-order valence-corrected chi connectivity index (χ0v) is 20.0. The number of hydrogen-bond acceptors (Lipinski definition) is 5. The summed E-state index contributed by atoms with van der Waals surface area (Å²) in [5.41, 5.74) is 3.83. The molecule has 0 spiro atoms. The van der Waals surface area contributed by atoms with Crippen molar-refractivity contribution in [1.29, 1.82) is 0 Å². The van der Waals surface area contributed by atoms with E-state index in [0.717, 1.165) is 26.9 Å². The van der Waals surface area contributed by atoms with E-state index in [9.17, 15) is 4.79 Å². The van der Waals surface area contributed by atoms with Gasteiger partial charge in [-0.1, -0.05) is 48.0 Å². The van der Waals surface area contributed by atoms with E-state index in [1.54, 1.807) is 7.11 Å². The number of nitrogens with one attached hydrogen (secondary N) is 1. The molecule has 1 fully saturated rings. The van der Waals surface area contributed by atoms with E-state index < -0.39 is 0 Å². The van der Waals surface area contributed by atoms with Crippen molar-refractivity contribution in [2.75, 3.05) is 7.11 Å². The molecule has 0 unspecified atom stereocenters. The van der Waals surface area contributed by atoms with Gasteiger partial charge in [-0.2, -0.15) is 0 Å². The lowest BCUT2D eigenvalue weighted by Gasteiger charge is -2.13. The van der Waals surface area contributed by atoms with E-state index in [1.165, 1.54) is 11.8 Å². The zero-order valence-electron chi connectivity index (χ0n) is 17.6. The summed E-state index contributed by atoms with van der Waals surface area (Å²) in [6.45, 7) is 2.45. The maximum Gasteiger partial charge on any atom is 0.264 e. The van der Waals surface area contributed by atoms with E-state index in [1.807, 2.05) is 79.7 Å². The quantitative estimate of drug-likeness (QED) is 0.400. The summed E-state index contributed by atoms with van der Waals surface area (Å²) in [6, 6.07) is 21.5. The molecule has 7 heteroatoms. The standard InChI is InChI=1S/C25H21BrN2O3S/c1-16-8-10-19(11-9-16)27-25-28-24(29)22(32-25)14-18-12-20(26)23(21(13-18)30-2)31-15-17-6-4-3-5-7-17/h3-14H,15H2,1-2H3,(H,27,28,29)/b22-14-. The highest BCUT2D eigenvalue weighted by atomic mass is 79.9. The molecule has 3 aromatic carbocycles. The molecule has 1 heterocycles. The van der Waals surface area contributed by atoms with Crippen LogP contribution in [-0.4, -0.2) is 18.2 Å². The van der Waals surface area contributed by atoms with E-state index in [4.69, 9.17) is 9.47 Å². The average Bonchev–Trinajstić information content (AvgIpc) is 3.13. The Bertz CT molecular complexity index is 1190. The summed E-state index contributed by atoms with van der Waals surface area (Å²) in [5, 5.41) is 3.37. The zero-order chi connectivity index (χ0) is 22.5. The monoisotopic (exact) mass is 508 g/mol. The molecule has 1 saturated heterocycles. The number of amidine groups is 1. The Kier molecular flexibility index (Phi) is 6.97. The van der Waals surface area contributed by atoms with Crippen LogP contribution in [0.3, 0.4) is 0 Å². The molecule has 0 aliphatic carbocycles. The summed E-state index contributed by atoms with van der Waals surface area (Å²) in [7, 11) is 1.59. The summed E-state index contributed by atoms with van der Waals surface area (Å²) in [5.74, 6) is 1.02. The molecule has 1 amide bonds. The number of amides is 1. The van der Waals surface area contributed by atoms with Crippen LogP contribution in [0.1, 0.15) is 16.7 Å². The van der Waals surface area contributed by atoms with Crippen LogP contribution in [0.4, 0.5) is 5.69 Å². The number of aliphatic imine (C=N–C) groups is 1. The first-order valence-electron chi connectivity index (χ1n) is 9.92. The van der Waals surface area contributed by atoms with Gasteiger partial charge in [0, 0.05) is 0 Å². The van der Waals surface area contributed by atoms with Gasteiger partial charge in [0.25, 0.3) is 5.91 Å². The lowest BCUT2D eigenvalue weighted by Crippen LogP contribution is -2.19. The molecular formula is C25H21BrN2O3S. The van der Waals surface area contributed by atoms with Crippen LogP contribution in [0, 0.1) is 6.92 Å². The second kappa shape index (κ2) is 10.1. The van der Waals surface area contributed by atoms with Crippen molar-refractivity contribution in [3.63, 3.8) is 0 Å². The Morgan fingerprint density at radius 3 is 2.56 bits per heavy atom. The van der Waals surface area contributed by atoms with Crippen molar-refractivity contribution >= 4 is 50.5 Å². The molecule has 0 atom stereocenters. The Morgan fingerprint density at radius 2 is 1.84 bits per heavy atom. The largest absolute Gasteiger partial charge is 0.493 e. The number of aryl methyl sites for hydroxylation is 1. The highest BCUT2D eigenvalue weighted by Crippen LogP contribution is 2.38. The number of nitrogens with zero attached hydrogens (tertiary/aromatic N) is 1. The minimum Gasteiger partial charge on any atom is -0.493 e. The third-order valence-corrected chi connectivity index (χ3v) is 6.19. The first-order chi connectivity index (χ1) is 15.5. The first kappa shape index (κ1) is 22.2. The number of halogens is 1. The smallest absolute Gasteiger partial charge is 0.264 e. The maximum absolute atomic E-state index is 12.5. The lowest BCUT2D eigenvalue weighted by molar-refractivity contribution is -0.115. The van der Waals surface area contributed by atoms with Crippen LogP contribution in [0.2, 0.25) is 0 Å². The topological polar surface area (TPSA) is 59.9 Å². The number of methoxy groups -OCH3 is 1. The molecule has 1 aliphatic heterocycles. The number of hydrogen-bond donors (Lipinski definition) is 1. The molecule has 0 bridgehead atoms. The highest BCUT2D eigenvalue weighted by molar-refractivity contribution is 9.10. The molecule has 162 valence electrons. The van der Waals surface area contributed by atoms with Gasteiger partial charge < -0.3 is 14.8 Å². The molecule has 0 saturated carbocycles. The highest BCUT2D eigenvalue weighted by Gasteiger charge is 2.24. The fourth-order valence-corrected chi connectivity index (χ4v) is 4.48.